The Morgan fingerprint density at radius 1 is 1.35 bits per heavy atom. The van der Waals surface area contributed by atoms with Crippen LogP contribution < -0.4 is 10.1 Å². The summed E-state index contributed by atoms with van der Waals surface area (Å²) in [7, 11) is 1.56. The fourth-order valence-corrected chi connectivity index (χ4v) is 2.21. The van der Waals surface area contributed by atoms with Crippen LogP contribution in [-0.4, -0.2) is 18.3 Å². The molecule has 0 heterocycles. The van der Waals surface area contributed by atoms with Gasteiger partial charge in [-0.3, -0.25) is 0 Å². The maximum absolute atomic E-state index is 9.70. The predicted octanol–water partition coefficient (Wildman–Crippen LogP) is 3.44. The second-order valence-corrected chi connectivity index (χ2v) is 4.88. The van der Waals surface area contributed by atoms with Crippen molar-refractivity contribution in [2.75, 3.05) is 7.11 Å². The zero-order chi connectivity index (χ0) is 12.8. The number of nitrogens with one attached hydrogen (secondary N) is 1. The standard InChI is InChI=1S/C13H20BrNO2/c1-4-10(5-2)15-8-9-6-11(14)13(16)12(7-9)17-3/h6-7,10,15-16H,4-5,8H2,1-3H3. The maximum Gasteiger partial charge on any atom is 0.172 e. The number of aromatic hydroxyl groups is 1. The average molecular weight is 302 g/mol. The molecule has 0 radical (unpaired) electrons. The predicted molar refractivity (Wildman–Crippen MR) is 73.6 cm³/mol. The maximum atomic E-state index is 9.70. The van der Waals surface area contributed by atoms with Crippen molar-refractivity contribution in [1.29, 1.82) is 0 Å². The van der Waals surface area contributed by atoms with E-state index in [2.05, 4.69) is 35.1 Å². The lowest BCUT2D eigenvalue weighted by molar-refractivity contribution is 0.371. The third-order valence-electron chi connectivity index (χ3n) is 2.89. The van der Waals surface area contributed by atoms with Gasteiger partial charge >= 0.3 is 0 Å². The Bertz CT molecular complexity index is 365. The normalized spacial score (nSPS) is 10.9. The van der Waals surface area contributed by atoms with Gasteiger partial charge in [-0.1, -0.05) is 13.8 Å². The Hall–Kier alpha value is -0.740. The lowest BCUT2D eigenvalue weighted by Gasteiger charge is -2.15. The fraction of sp³-hybridized carbons (Fsp3) is 0.538. The van der Waals surface area contributed by atoms with Crippen molar-refractivity contribution in [1.82, 2.24) is 5.32 Å². The monoisotopic (exact) mass is 301 g/mol. The van der Waals surface area contributed by atoms with Crippen LogP contribution in [0.15, 0.2) is 16.6 Å². The average Bonchev–Trinajstić information content (AvgIpc) is 2.34. The number of hydrogen-bond acceptors (Lipinski definition) is 3. The highest BCUT2D eigenvalue weighted by Gasteiger charge is 2.09. The van der Waals surface area contributed by atoms with E-state index < -0.39 is 0 Å². The van der Waals surface area contributed by atoms with Gasteiger partial charge in [-0.05, 0) is 46.5 Å². The minimum Gasteiger partial charge on any atom is -0.503 e. The number of methoxy groups -OCH3 is 1. The zero-order valence-corrected chi connectivity index (χ0v) is 12.2. The van der Waals surface area contributed by atoms with Gasteiger partial charge in [0.05, 0.1) is 11.6 Å². The van der Waals surface area contributed by atoms with Crippen LogP contribution in [0.1, 0.15) is 32.3 Å². The van der Waals surface area contributed by atoms with Gasteiger partial charge in [0, 0.05) is 12.6 Å². The quantitative estimate of drug-likeness (QED) is 0.846. The first-order valence-corrected chi connectivity index (χ1v) is 6.70. The molecular formula is C13H20BrNO2. The first-order valence-electron chi connectivity index (χ1n) is 5.91. The second kappa shape index (κ2) is 6.87. The van der Waals surface area contributed by atoms with E-state index in [1.807, 2.05) is 12.1 Å². The molecule has 0 aliphatic carbocycles. The third kappa shape index (κ3) is 3.89. The molecule has 0 aliphatic rings. The minimum atomic E-state index is 0.152. The van der Waals surface area contributed by atoms with E-state index in [1.165, 1.54) is 0 Å². The topological polar surface area (TPSA) is 41.5 Å². The van der Waals surface area contributed by atoms with Crippen LogP contribution in [0.25, 0.3) is 0 Å². The van der Waals surface area contributed by atoms with E-state index in [0.717, 1.165) is 24.9 Å². The molecule has 0 aliphatic heterocycles. The number of benzene rings is 1. The lowest BCUT2D eigenvalue weighted by Crippen LogP contribution is -2.26. The summed E-state index contributed by atoms with van der Waals surface area (Å²) in [6.45, 7) is 5.13. The van der Waals surface area contributed by atoms with Crippen LogP contribution in [0.4, 0.5) is 0 Å². The van der Waals surface area contributed by atoms with Crippen molar-refractivity contribution in [2.45, 2.75) is 39.3 Å². The molecule has 1 rings (SSSR count). The van der Waals surface area contributed by atoms with Gasteiger partial charge in [0.15, 0.2) is 11.5 Å². The Labute approximate surface area is 111 Å². The van der Waals surface area contributed by atoms with Crippen LogP contribution in [0.3, 0.4) is 0 Å². The van der Waals surface area contributed by atoms with Gasteiger partial charge in [0.1, 0.15) is 0 Å². The zero-order valence-electron chi connectivity index (χ0n) is 10.6. The number of rotatable bonds is 6. The second-order valence-electron chi connectivity index (χ2n) is 4.02. The SMILES string of the molecule is CCC(CC)NCc1cc(Br)c(O)c(OC)c1. The van der Waals surface area contributed by atoms with Crippen LogP contribution in [0.2, 0.25) is 0 Å². The molecule has 0 spiro atoms. The van der Waals surface area contributed by atoms with E-state index in [9.17, 15) is 5.11 Å². The first-order chi connectivity index (χ1) is 8.12. The molecule has 0 atom stereocenters. The summed E-state index contributed by atoms with van der Waals surface area (Å²) in [5.41, 5.74) is 1.10. The molecule has 0 aromatic heterocycles. The molecule has 0 saturated carbocycles. The van der Waals surface area contributed by atoms with Gasteiger partial charge in [0.2, 0.25) is 0 Å². The molecule has 0 unspecified atom stereocenters. The lowest BCUT2D eigenvalue weighted by atomic mass is 10.1. The largest absolute Gasteiger partial charge is 0.503 e. The highest BCUT2D eigenvalue weighted by Crippen LogP contribution is 2.35. The molecule has 4 heteroatoms. The molecule has 3 nitrogen and oxygen atoms in total. The summed E-state index contributed by atoms with van der Waals surface area (Å²) in [6, 6.07) is 4.30. The van der Waals surface area contributed by atoms with Crippen LogP contribution >= 0.6 is 15.9 Å². The van der Waals surface area contributed by atoms with Crippen LogP contribution in [0.5, 0.6) is 11.5 Å². The molecule has 0 fully saturated rings. The third-order valence-corrected chi connectivity index (χ3v) is 3.49. The van der Waals surface area contributed by atoms with E-state index in [1.54, 1.807) is 7.11 Å². The summed E-state index contributed by atoms with van der Waals surface area (Å²) in [5, 5.41) is 13.2. The van der Waals surface area contributed by atoms with Crippen molar-refractivity contribution >= 4 is 15.9 Å². The molecule has 0 bridgehead atoms. The van der Waals surface area contributed by atoms with Gasteiger partial charge in [0.25, 0.3) is 0 Å². The van der Waals surface area contributed by atoms with Crippen molar-refractivity contribution in [2.24, 2.45) is 0 Å². The van der Waals surface area contributed by atoms with Gasteiger partial charge in [-0.2, -0.15) is 0 Å². The Morgan fingerprint density at radius 3 is 2.53 bits per heavy atom. The van der Waals surface area contributed by atoms with Gasteiger partial charge in [-0.15, -0.1) is 0 Å². The molecule has 0 amide bonds. The van der Waals surface area contributed by atoms with Crippen molar-refractivity contribution in [3.05, 3.63) is 22.2 Å². The number of ether oxygens (including phenoxy) is 1. The molecule has 0 saturated heterocycles. The van der Waals surface area contributed by atoms with Crippen molar-refractivity contribution < 1.29 is 9.84 Å². The highest BCUT2D eigenvalue weighted by molar-refractivity contribution is 9.10. The number of phenols is 1. The molecule has 17 heavy (non-hydrogen) atoms. The molecular weight excluding hydrogens is 282 g/mol. The van der Waals surface area contributed by atoms with E-state index in [0.29, 0.717) is 16.3 Å². The van der Waals surface area contributed by atoms with Gasteiger partial charge < -0.3 is 15.2 Å². The number of phenolic OH excluding ortho intramolecular Hbond substituents is 1. The first kappa shape index (κ1) is 14.3. The minimum absolute atomic E-state index is 0.152. The summed E-state index contributed by atoms with van der Waals surface area (Å²) in [4.78, 5) is 0. The van der Waals surface area contributed by atoms with E-state index >= 15 is 0 Å². The Balaban J connectivity index is 2.75. The van der Waals surface area contributed by atoms with Crippen molar-refractivity contribution in [3.8, 4) is 11.5 Å². The molecule has 2 N–H and O–H groups in total. The Kier molecular flexibility index (Phi) is 5.78. The summed E-state index contributed by atoms with van der Waals surface area (Å²) in [5.74, 6) is 0.652. The number of hydrogen-bond donors (Lipinski definition) is 2. The number of halogens is 1. The summed E-state index contributed by atoms with van der Waals surface area (Å²) in [6.07, 6.45) is 2.24. The fourth-order valence-electron chi connectivity index (χ4n) is 1.72. The molecule has 96 valence electrons. The van der Waals surface area contributed by atoms with Crippen LogP contribution in [-0.2, 0) is 6.54 Å². The van der Waals surface area contributed by atoms with Crippen molar-refractivity contribution in [3.63, 3.8) is 0 Å². The smallest absolute Gasteiger partial charge is 0.172 e. The summed E-state index contributed by atoms with van der Waals surface area (Å²) < 4.78 is 5.78. The Morgan fingerprint density at radius 2 is 2.00 bits per heavy atom. The molecule has 1 aromatic rings. The summed E-state index contributed by atoms with van der Waals surface area (Å²) >= 11 is 3.32. The van der Waals surface area contributed by atoms with E-state index in [-0.39, 0.29) is 5.75 Å². The van der Waals surface area contributed by atoms with E-state index in [4.69, 9.17) is 4.74 Å². The highest BCUT2D eigenvalue weighted by atomic mass is 79.9. The van der Waals surface area contributed by atoms with Gasteiger partial charge in [-0.25, -0.2) is 0 Å². The molecule has 1 aromatic carbocycles. The van der Waals surface area contributed by atoms with Crippen LogP contribution in [0, 0.1) is 0 Å².